The topological polar surface area (TPSA) is 0 Å². The van der Waals surface area contributed by atoms with Gasteiger partial charge < -0.3 is 24.8 Å². The van der Waals surface area contributed by atoms with E-state index in [1.54, 1.807) is 0 Å². The molecule has 0 saturated heterocycles. The molecule has 0 fully saturated rings. The first-order valence-electron chi connectivity index (χ1n) is 2.72. The molecule has 0 spiro atoms. The molecular weight excluding hydrogens is 236 g/mol. The molecule has 13 heavy (non-hydrogen) atoms. The van der Waals surface area contributed by atoms with Gasteiger partial charge in [-0.2, -0.15) is 0 Å². The molecule has 0 atom stereocenters. The minimum Gasteiger partial charge on any atom is -1.00 e. The van der Waals surface area contributed by atoms with Gasteiger partial charge >= 0.3 is 23.1 Å². The Bertz CT molecular complexity index is 218. The molecule has 6 heteroatoms. The standard InChI is InChI=1S/C7H5F3.2ClH.Mg/c1-4-2-6(9)7(10)3-5(4)8;;;/h2-3H,1H3;2*1H;/q;;;+2/p-2. The number of hydrogen-bond acceptors (Lipinski definition) is 0. The van der Waals surface area contributed by atoms with Crippen LogP contribution in [0.3, 0.4) is 0 Å². The van der Waals surface area contributed by atoms with Gasteiger partial charge in [-0.15, -0.1) is 0 Å². The molecule has 0 heterocycles. The zero-order valence-corrected chi connectivity index (χ0v) is 9.68. The van der Waals surface area contributed by atoms with Crippen LogP contribution in [-0.4, -0.2) is 23.1 Å². The second-order valence-corrected chi connectivity index (χ2v) is 2.02. The molecule has 0 aromatic heterocycles. The Labute approximate surface area is 103 Å². The van der Waals surface area contributed by atoms with Crippen molar-refractivity contribution in [3.63, 3.8) is 0 Å². The number of halogens is 5. The molecule has 0 aliphatic rings. The number of hydrogen-bond donors (Lipinski definition) is 0. The Hall–Kier alpha value is 0.356. The Balaban J connectivity index is -0.000000333. The average Bonchev–Trinajstić information content (AvgIpc) is 1.84. The molecule has 0 radical (unpaired) electrons. The van der Waals surface area contributed by atoms with Crippen LogP contribution >= 0.6 is 0 Å². The summed E-state index contributed by atoms with van der Waals surface area (Å²) in [6.45, 7) is 1.37. The minimum absolute atomic E-state index is 0. The van der Waals surface area contributed by atoms with Crippen LogP contribution in [0.1, 0.15) is 5.56 Å². The molecule has 0 bridgehead atoms. The molecule has 0 N–H and O–H groups in total. The van der Waals surface area contributed by atoms with E-state index < -0.39 is 17.5 Å². The van der Waals surface area contributed by atoms with Gasteiger partial charge in [0.1, 0.15) is 5.82 Å². The second kappa shape index (κ2) is 7.73. The molecule has 70 valence electrons. The quantitative estimate of drug-likeness (QED) is 0.321. The van der Waals surface area contributed by atoms with Crippen LogP contribution in [0.5, 0.6) is 0 Å². The minimum atomic E-state index is -1.15. The van der Waals surface area contributed by atoms with Crippen molar-refractivity contribution < 1.29 is 38.0 Å². The van der Waals surface area contributed by atoms with E-state index in [0.717, 1.165) is 6.07 Å². The normalized spacial score (nSPS) is 7.69. The van der Waals surface area contributed by atoms with Crippen molar-refractivity contribution in [2.75, 3.05) is 0 Å². The van der Waals surface area contributed by atoms with Crippen molar-refractivity contribution in [2.45, 2.75) is 6.92 Å². The van der Waals surface area contributed by atoms with E-state index in [-0.39, 0.29) is 53.4 Å². The third kappa shape index (κ3) is 4.95. The maximum absolute atomic E-state index is 12.4. The molecule has 0 aliphatic heterocycles. The van der Waals surface area contributed by atoms with Crippen LogP contribution in [-0.2, 0) is 0 Å². The maximum Gasteiger partial charge on any atom is 2.00 e. The molecule has 1 rings (SSSR count). The Morgan fingerprint density at radius 2 is 1.23 bits per heavy atom. The van der Waals surface area contributed by atoms with E-state index in [1.807, 2.05) is 0 Å². The Morgan fingerprint density at radius 3 is 1.62 bits per heavy atom. The van der Waals surface area contributed by atoms with Gasteiger partial charge in [-0.05, 0) is 18.6 Å². The first kappa shape index (κ1) is 19.0. The predicted molar refractivity (Wildman–Crippen MR) is 36.8 cm³/mol. The van der Waals surface area contributed by atoms with Gasteiger partial charge in [-0.3, -0.25) is 0 Å². The average molecular weight is 241 g/mol. The summed E-state index contributed by atoms with van der Waals surface area (Å²) in [6.07, 6.45) is 0. The van der Waals surface area contributed by atoms with Gasteiger partial charge in [0.05, 0.1) is 0 Å². The van der Waals surface area contributed by atoms with Gasteiger partial charge in [-0.25, -0.2) is 13.2 Å². The summed E-state index contributed by atoms with van der Waals surface area (Å²) in [6, 6.07) is 1.36. The van der Waals surface area contributed by atoms with Crippen LogP contribution in [0.15, 0.2) is 12.1 Å². The van der Waals surface area contributed by atoms with Gasteiger partial charge in [0.25, 0.3) is 0 Å². The van der Waals surface area contributed by atoms with Gasteiger partial charge in [0.2, 0.25) is 0 Å². The van der Waals surface area contributed by atoms with E-state index in [9.17, 15) is 13.2 Å². The van der Waals surface area contributed by atoms with Gasteiger partial charge in [-0.1, -0.05) is 0 Å². The number of rotatable bonds is 0. The number of aryl methyl sites for hydroxylation is 1. The zero-order valence-electron chi connectivity index (χ0n) is 6.75. The van der Waals surface area contributed by atoms with Crippen molar-refractivity contribution in [2.24, 2.45) is 0 Å². The van der Waals surface area contributed by atoms with Crippen LogP contribution in [0.25, 0.3) is 0 Å². The Kier molecular flexibility index (Phi) is 11.3. The smallest absolute Gasteiger partial charge is 1.00 e. The molecule has 0 saturated carbocycles. The Morgan fingerprint density at radius 1 is 0.846 bits per heavy atom. The summed E-state index contributed by atoms with van der Waals surface area (Å²) in [7, 11) is 0. The van der Waals surface area contributed by atoms with Crippen molar-refractivity contribution in [3.8, 4) is 0 Å². The molecule has 0 unspecified atom stereocenters. The van der Waals surface area contributed by atoms with E-state index in [0.29, 0.717) is 6.07 Å². The fraction of sp³-hybridized carbons (Fsp3) is 0.143. The van der Waals surface area contributed by atoms with Crippen molar-refractivity contribution in [1.82, 2.24) is 0 Å². The van der Waals surface area contributed by atoms with Gasteiger partial charge in [0, 0.05) is 6.07 Å². The van der Waals surface area contributed by atoms with Crippen molar-refractivity contribution in [3.05, 3.63) is 35.1 Å². The third-order valence-electron chi connectivity index (χ3n) is 1.20. The largest absolute Gasteiger partial charge is 2.00 e. The fourth-order valence-corrected chi connectivity index (χ4v) is 0.622. The first-order chi connectivity index (χ1) is 4.61. The summed E-state index contributed by atoms with van der Waals surface area (Å²) in [5, 5.41) is 0. The SMILES string of the molecule is Cc1cc(F)c(F)cc1F.[Cl-].[Cl-].[Mg+2]. The van der Waals surface area contributed by atoms with Crippen molar-refractivity contribution >= 4 is 23.1 Å². The fourth-order valence-electron chi connectivity index (χ4n) is 0.622. The summed E-state index contributed by atoms with van der Waals surface area (Å²) in [4.78, 5) is 0. The van der Waals surface area contributed by atoms with Gasteiger partial charge in [0.15, 0.2) is 11.6 Å². The second-order valence-electron chi connectivity index (χ2n) is 2.02. The van der Waals surface area contributed by atoms with Crippen LogP contribution in [0.2, 0.25) is 0 Å². The monoisotopic (exact) mass is 240 g/mol. The summed E-state index contributed by atoms with van der Waals surface area (Å²) < 4.78 is 36.7. The summed E-state index contributed by atoms with van der Waals surface area (Å²) in [5.41, 5.74) is 0.110. The maximum atomic E-state index is 12.4. The van der Waals surface area contributed by atoms with Crippen LogP contribution in [0.4, 0.5) is 13.2 Å². The molecule has 1 aromatic carbocycles. The van der Waals surface area contributed by atoms with E-state index >= 15 is 0 Å². The van der Waals surface area contributed by atoms with Crippen LogP contribution in [0, 0.1) is 24.4 Å². The molecule has 0 nitrogen and oxygen atoms in total. The molecule has 1 aromatic rings. The summed E-state index contributed by atoms with van der Waals surface area (Å²) >= 11 is 0. The molecule has 0 amide bonds. The first-order valence-corrected chi connectivity index (χ1v) is 2.72. The van der Waals surface area contributed by atoms with E-state index in [2.05, 4.69) is 0 Å². The third-order valence-corrected chi connectivity index (χ3v) is 1.20. The predicted octanol–water partition coefficient (Wildman–Crippen LogP) is -3.96. The zero-order chi connectivity index (χ0) is 7.72. The van der Waals surface area contributed by atoms with E-state index in [4.69, 9.17) is 0 Å². The van der Waals surface area contributed by atoms with Crippen LogP contribution < -0.4 is 24.8 Å². The molecule has 0 aliphatic carbocycles. The summed E-state index contributed by atoms with van der Waals surface area (Å²) in [5.74, 6) is -2.89. The van der Waals surface area contributed by atoms with Crippen molar-refractivity contribution in [1.29, 1.82) is 0 Å². The van der Waals surface area contributed by atoms with E-state index in [1.165, 1.54) is 6.92 Å². The number of benzene rings is 1. The molecular formula is C7H5Cl2F3Mg.